The highest BCUT2D eigenvalue weighted by Gasteiger charge is 2.33. The van der Waals surface area contributed by atoms with E-state index >= 15 is 0 Å². The number of methoxy groups -OCH3 is 1. The second-order valence-electron chi connectivity index (χ2n) is 15.7. The molecule has 2 aromatic heterocycles. The number of esters is 1. The molecule has 1 atom stereocenters. The number of carbonyl (C=O) groups excluding carboxylic acids is 3. The Hall–Kier alpha value is -6.75. The van der Waals surface area contributed by atoms with E-state index in [0.717, 1.165) is 88.9 Å². The van der Waals surface area contributed by atoms with Crippen LogP contribution in [0.2, 0.25) is 0 Å². The summed E-state index contributed by atoms with van der Waals surface area (Å²) in [5.74, 6) is -0.918. The molecule has 0 radical (unpaired) electrons. The van der Waals surface area contributed by atoms with Gasteiger partial charge in [0.2, 0.25) is 0 Å². The second kappa shape index (κ2) is 20.0. The highest BCUT2D eigenvalue weighted by atomic mass is 16.5. The van der Waals surface area contributed by atoms with Gasteiger partial charge in [-0.25, -0.2) is 0 Å². The number of allylic oxidation sites excluding steroid dienone is 2. The smallest absolute Gasteiger partial charge is 0.320 e. The van der Waals surface area contributed by atoms with Gasteiger partial charge < -0.3 is 20.3 Å². The molecular weight excluding hydrogens is 763 g/mol. The summed E-state index contributed by atoms with van der Waals surface area (Å²) < 4.78 is 6.24. The predicted molar refractivity (Wildman–Crippen MR) is 243 cm³/mol. The Bertz CT molecular complexity index is 2430. The Morgan fingerprint density at radius 2 is 1.18 bits per heavy atom. The van der Waals surface area contributed by atoms with E-state index in [-0.39, 0.29) is 11.7 Å². The minimum Gasteiger partial charge on any atom is -0.468 e. The summed E-state index contributed by atoms with van der Waals surface area (Å²) in [5.41, 5.74) is 17.0. The maximum atomic E-state index is 13.5. The van der Waals surface area contributed by atoms with Crippen molar-refractivity contribution in [3.05, 3.63) is 144 Å². The summed E-state index contributed by atoms with van der Waals surface area (Å²) >= 11 is 0. The predicted octanol–water partition coefficient (Wildman–Crippen LogP) is 9.39. The van der Waals surface area contributed by atoms with Crippen LogP contribution in [-0.2, 0) is 20.7 Å². The maximum Gasteiger partial charge on any atom is 0.320 e. The summed E-state index contributed by atoms with van der Waals surface area (Å²) in [4.78, 5) is 40.9. The number of aromatic amines is 1. The van der Waals surface area contributed by atoms with Gasteiger partial charge in [-0.1, -0.05) is 127 Å². The monoisotopic (exact) mass is 817 g/mol. The molecule has 0 amide bonds. The SMILES string of the molecule is CC1=C(c2ccccc2)C(=O)n2nc(-c3ccccc3)c(N3CCCCC3)c2C1.COC(=O)C(C(C)=O)c1ccccc1.Nc1n[nH]c(-c2ccccc2)c1N1CCCCC1. The lowest BCUT2D eigenvalue weighted by atomic mass is 9.93. The number of H-pyrrole nitrogens is 1. The van der Waals surface area contributed by atoms with E-state index in [4.69, 9.17) is 10.8 Å². The molecule has 0 bridgehead atoms. The summed E-state index contributed by atoms with van der Waals surface area (Å²) in [7, 11) is 1.28. The lowest BCUT2D eigenvalue weighted by Gasteiger charge is -2.30. The van der Waals surface area contributed by atoms with Gasteiger partial charge in [-0.3, -0.25) is 19.5 Å². The number of carbonyl (C=O) groups is 3. The molecule has 61 heavy (non-hydrogen) atoms. The molecule has 6 aromatic rings. The van der Waals surface area contributed by atoms with Crippen LogP contribution in [0.4, 0.5) is 17.2 Å². The minimum atomic E-state index is -0.791. The van der Waals surface area contributed by atoms with Crippen molar-refractivity contribution in [2.75, 3.05) is 48.8 Å². The van der Waals surface area contributed by atoms with Gasteiger partial charge in [-0.05, 0) is 63.5 Å². The maximum absolute atomic E-state index is 13.5. The lowest BCUT2D eigenvalue weighted by Crippen LogP contribution is -2.31. The second-order valence-corrected chi connectivity index (χ2v) is 15.7. The van der Waals surface area contributed by atoms with E-state index in [2.05, 4.69) is 55.9 Å². The van der Waals surface area contributed by atoms with Gasteiger partial charge in [-0.2, -0.15) is 14.9 Å². The molecule has 9 rings (SSSR count). The molecule has 11 heteroatoms. The molecular formula is C50H55N7O4. The van der Waals surface area contributed by atoms with Crippen LogP contribution >= 0.6 is 0 Å². The fraction of sp³-hybridized carbons (Fsp3) is 0.300. The number of hydrogen-bond donors (Lipinski definition) is 2. The summed E-state index contributed by atoms with van der Waals surface area (Å²) in [6.07, 6.45) is 8.19. The lowest BCUT2D eigenvalue weighted by molar-refractivity contribution is -0.145. The van der Waals surface area contributed by atoms with Gasteiger partial charge in [0.05, 0.1) is 24.2 Å². The van der Waals surface area contributed by atoms with Crippen molar-refractivity contribution < 1.29 is 19.1 Å². The fourth-order valence-electron chi connectivity index (χ4n) is 8.51. The van der Waals surface area contributed by atoms with E-state index in [1.165, 1.54) is 52.6 Å². The van der Waals surface area contributed by atoms with Gasteiger partial charge in [0.1, 0.15) is 23.1 Å². The molecule has 0 spiro atoms. The van der Waals surface area contributed by atoms with Crippen LogP contribution in [0.3, 0.4) is 0 Å². The van der Waals surface area contributed by atoms with Gasteiger partial charge in [-0.15, -0.1) is 0 Å². The first kappa shape index (κ1) is 42.4. The molecule has 2 fully saturated rings. The number of nitrogens with zero attached hydrogens (tertiary/aromatic N) is 5. The number of hydrogen-bond acceptors (Lipinski definition) is 9. The van der Waals surface area contributed by atoms with E-state index in [1.54, 1.807) is 28.9 Å². The number of Topliss-reactive ketones (excluding diaryl/α,β-unsaturated/α-hetero) is 1. The Balaban J connectivity index is 0.000000150. The summed E-state index contributed by atoms with van der Waals surface area (Å²) in [5, 5.41) is 12.1. The Morgan fingerprint density at radius 1 is 0.689 bits per heavy atom. The molecule has 3 aliphatic heterocycles. The topological polar surface area (TPSA) is 139 Å². The third kappa shape index (κ3) is 9.67. The van der Waals surface area contributed by atoms with E-state index in [1.807, 2.05) is 72.8 Å². The third-order valence-corrected chi connectivity index (χ3v) is 11.5. The normalized spacial score (nSPS) is 15.4. The van der Waals surface area contributed by atoms with Crippen LogP contribution in [0.5, 0.6) is 0 Å². The number of fused-ring (bicyclic) bond motifs is 1. The van der Waals surface area contributed by atoms with Crippen molar-refractivity contribution in [1.82, 2.24) is 20.0 Å². The highest BCUT2D eigenvalue weighted by Crippen LogP contribution is 2.40. The van der Waals surface area contributed by atoms with Gasteiger partial charge in [0, 0.05) is 49.3 Å². The van der Waals surface area contributed by atoms with Crippen molar-refractivity contribution in [3.63, 3.8) is 0 Å². The standard InChI is InChI=1S/C25H25N3O.C14H18N4.C11H12O3/c1-18-17-21-24(27-15-9-4-10-16-27)23(20-13-7-3-8-14-20)26-28(21)25(29)22(18)19-11-5-2-6-12-19;15-14-13(18-9-5-2-6-10-18)12(16-17-14)11-7-3-1-4-8-11;1-8(12)10(11(13)14-2)9-6-4-3-5-7-9/h2-3,5-8,11-14H,4,9-10,15-17H2,1H3;1,3-4,7-8H,2,5-6,9-10H2,(H3,15,16,17);3-7,10H,1-2H3. The number of nitrogens with two attached hydrogens (primary N) is 1. The molecule has 314 valence electrons. The number of nitrogens with one attached hydrogen (secondary N) is 1. The number of aromatic nitrogens is 4. The number of nitrogen functional groups attached to an aromatic ring is 1. The van der Waals surface area contributed by atoms with Gasteiger partial charge in [0.25, 0.3) is 5.91 Å². The van der Waals surface area contributed by atoms with Crippen LogP contribution in [0.1, 0.15) is 79.9 Å². The highest BCUT2D eigenvalue weighted by molar-refractivity contribution is 6.22. The van der Waals surface area contributed by atoms with Gasteiger partial charge >= 0.3 is 5.97 Å². The van der Waals surface area contributed by atoms with Crippen molar-refractivity contribution in [2.24, 2.45) is 0 Å². The number of piperidine rings is 2. The zero-order chi connectivity index (χ0) is 42.7. The summed E-state index contributed by atoms with van der Waals surface area (Å²) in [6.45, 7) is 7.67. The number of ketones is 1. The molecule has 1 unspecified atom stereocenters. The molecule has 0 saturated carbocycles. The Kier molecular flexibility index (Phi) is 13.9. The average Bonchev–Trinajstić information content (AvgIpc) is 3.89. The fourth-order valence-corrected chi connectivity index (χ4v) is 8.51. The van der Waals surface area contributed by atoms with Crippen molar-refractivity contribution in [3.8, 4) is 22.5 Å². The first-order valence-corrected chi connectivity index (χ1v) is 21.3. The number of ether oxygens (including phenoxy) is 1. The van der Waals surface area contributed by atoms with E-state index in [9.17, 15) is 14.4 Å². The number of anilines is 3. The first-order valence-electron chi connectivity index (χ1n) is 21.3. The molecule has 11 nitrogen and oxygen atoms in total. The zero-order valence-electron chi connectivity index (χ0n) is 35.3. The molecule has 3 N–H and O–H groups in total. The molecule has 2 saturated heterocycles. The number of benzene rings is 4. The molecule has 5 heterocycles. The van der Waals surface area contributed by atoms with E-state index in [0.29, 0.717) is 11.4 Å². The first-order chi connectivity index (χ1) is 29.8. The van der Waals surface area contributed by atoms with Crippen molar-refractivity contribution >= 4 is 40.4 Å². The van der Waals surface area contributed by atoms with E-state index < -0.39 is 11.9 Å². The van der Waals surface area contributed by atoms with Crippen LogP contribution in [0, 0.1) is 0 Å². The van der Waals surface area contributed by atoms with Crippen molar-refractivity contribution in [1.29, 1.82) is 0 Å². The van der Waals surface area contributed by atoms with Crippen LogP contribution in [0.15, 0.2) is 127 Å². The van der Waals surface area contributed by atoms with Crippen LogP contribution in [0.25, 0.3) is 28.1 Å². The van der Waals surface area contributed by atoms with Crippen molar-refractivity contribution in [2.45, 2.75) is 64.7 Å². The molecule has 0 aliphatic carbocycles. The molecule has 4 aromatic carbocycles. The average molecular weight is 818 g/mol. The van der Waals surface area contributed by atoms with Gasteiger partial charge in [0.15, 0.2) is 5.82 Å². The van der Waals surface area contributed by atoms with Crippen LogP contribution in [-0.4, -0.2) is 70.9 Å². The molecule has 3 aliphatic rings. The largest absolute Gasteiger partial charge is 0.468 e. The Morgan fingerprint density at radius 3 is 1.70 bits per heavy atom. The summed E-state index contributed by atoms with van der Waals surface area (Å²) in [6, 6.07) is 39.4. The Labute approximate surface area is 358 Å². The minimum absolute atomic E-state index is 0.0182. The quantitative estimate of drug-likeness (QED) is 0.114. The third-order valence-electron chi connectivity index (χ3n) is 11.5. The van der Waals surface area contributed by atoms with Crippen LogP contribution < -0.4 is 15.5 Å². The number of rotatable bonds is 8. The zero-order valence-corrected chi connectivity index (χ0v) is 35.3.